The molecule has 2 aromatic rings. The Labute approximate surface area is 163 Å². The summed E-state index contributed by atoms with van der Waals surface area (Å²) in [5, 5.41) is 7.49. The number of hydrogen-bond donors (Lipinski definition) is 2. The molecule has 138 valence electrons. The van der Waals surface area contributed by atoms with E-state index < -0.39 is 0 Å². The van der Waals surface area contributed by atoms with Crippen LogP contribution < -0.4 is 15.4 Å². The zero-order valence-corrected chi connectivity index (χ0v) is 16.1. The van der Waals surface area contributed by atoms with E-state index in [2.05, 4.69) is 22.8 Å². The van der Waals surface area contributed by atoms with Crippen LogP contribution in [0.1, 0.15) is 28.8 Å². The molecule has 0 aromatic heterocycles. The molecule has 0 atom stereocenters. The topological polar surface area (TPSA) is 50.4 Å². The van der Waals surface area contributed by atoms with E-state index in [0.717, 1.165) is 31.6 Å². The molecular weight excluding hydrogens is 371 g/mol. The highest BCUT2D eigenvalue weighted by molar-refractivity contribution is 6.35. The molecule has 1 saturated carbocycles. The molecule has 1 aliphatic rings. The highest BCUT2D eigenvalue weighted by atomic mass is 35.5. The number of carbonyl (C=O) groups excluding carboxylic acids is 1. The lowest BCUT2D eigenvalue weighted by atomic mass is 9.86. The van der Waals surface area contributed by atoms with Gasteiger partial charge in [-0.3, -0.25) is 4.79 Å². The number of ether oxygens (including phenoxy) is 1. The quantitative estimate of drug-likeness (QED) is 0.745. The van der Waals surface area contributed by atoms with Gasteiger partial charge in [0.05, 0.1) is 7.11 Å². The molecule has 2 N–H and O–H groups in total. The van der Waals surface area contributed by atoms with Crippen LogP contribution in [0.5, 0.6) is 5.75 Å². The predicted octanol–water partition coefficient (Wildman–Crippen LogP) is 4.10. The van der Waals surface area contributed by atoms with Gasteiger partial charge >= 0.3 is 0 Å². The summed E-state index contributed by atoms with van der Waals surface area (Å²) in [7, 11) is 1.67. The van der Waals surface area contributed by atoms with Crippen molar-refractivity contribution in [2.24, 2.45) is 0 Å². The number of halogens is 2. The summed E-state index contributed by atoms with van der Waals surface area (Å²) in [4.78, 5) is 12.3. The van der Waals surface area contributed by atoms with Crippen LogP contribution in [-0.2, 0) is 6.42 Å². The Bertz CT molecular complexity index is 739. The fourth-order valence-corrected chi connectivity index (χ4v) is 3.59. The average molecular weight is 393 g/mol. The number of carbonyl (C=O) groups is 1. The summed E-state index contributed by atoms with van der Waals surface area (Å²) >= 11 is 11.9. The summed E-state index contributed by atoms with van der Waals surface area (Å²) in [5.41, 5.74) is 1.78. The molecule has 0 aliphatic heterocycles. The Morgan fingerprint density at radius 1 is 1.08 bits per heavy atom. The standard InChI is InChI=1S/C20H22Cl2N2O2/c1-26-19-4-2-13(3-5-19)6-7-23-17-11-18(12-17)24-20(25)14-8-15(21)10-16(22)9-14/h2-5,8-10,17-18,23H,6-7,11-12H2,1H3,(H,24,25)/t17-,18-. The normalized spacial score (nSPS) is 18.9. The lowest BCUT2D eigenvalue weighted by molar-refractivity contribution is 0.0902. The number of methoxy groups -OCH3 is 1. The summed E-state index contributed by atoms with van der Waals surface area (Å²) in [6.45, 7) is 0.918. The van der Waals surface area contributed by atoms with Gasteiger partial charge in [-0.1, -0.05) is 35.3 Å². The van der Waals surface area contributed by atoms with Gasteiger partial charge in [0.25, 0.3) is 5.91 Å². The third-order valence-corrected chi connectivity index (χ3v) is 5.04. The van der Waals surface area contributed by atoms with E-state index in [9.17, 15) is 4.79 Å². The number of nitrogens with one attached hydrogen (secondary N) is 2. The monoisotopic (exact) mass is 392 g/mol. The van der Waals surface area contributed by atoms with Crippen LogP contribution >= 0.6 is 23.2 Å². The first-order valence-electron chi connectivity index (χ1n) is 8.67. The second-order valence-electron chi connectivity index (χ2n) is 6.55. The van der Waals surface area contributed by atoms with Crippen molar-refractivity contribution >= 4 is 29.1 Å². The van der Waals surface area contributed by atoms with E-state index in [4.69, 9.17) is 27.9 Å². The van der Waals surface area contributed by atoms with Crippen LogP contribution in [0, 0.1) is 0 Å². The van der Waals surface area contributed by atoms with Crippen molar-refractivity contribution in [1.82, 2.24) is 10.6 Å². The van der Waals surface area contributed by atoms with Gasteiger partial charge in [-0.2, -0.15) is 0 Å². The molecule has 0 radical (unpaired) electrons. The van der Waals surface area contributed by atoms with E-state index in [1.807, 2.05) is 12.1 Å². The van der Waals surface area contributed by atoms with E-state index in [-0.39, 0.29) is 11.9 Å². The van der Waals surface area contributed by atoms with E-state index in [0.29, 0.717) is 21.7 Å². The van der Waals surface area contributed by atoms with Crippen molar-refractivity contribution in [2.45, 2.75) is 31.3 Å². The van der Waals surface area contributed by atoms with Gasteiger partial charge in [-0.05, 0) is 61.7 Å². The first-order valence-corrected chi connectivity index (χ1v) is 9.42. The van der Waals surface area contributed by atoms with Crippen LogP contribution in [0.25, 0.3) is 0 Å². The molecule has 0 bridgehead atoms. The second-order valence-corrected chi connectivity index (χ2v) is 7.42. The maximum atomic E-state index is 12.3. The molecule has 6 heteroatoms. The molecule has 1 amide bonds. The Hall–Kier alpha value is -1.75. The minimum atomic E-state index is -0.129. The summed E-state index contributed by atoms with van der Waals surface area (Å²) in [6, 6.07) is 13.6. The fraction of sp³-hybridized carbons (Fsp3) is 0.350. The van der Waals surface area contributed by atoms with Crippen molar-refractivity contribution in [2.75, 3.05) is 13.7 Å². The van der Waals surface area contributed by atoms with Gasteiger partial charge in [-0.25, -0.2) is 0 Å². The molecular formula is C20H22Cl2N2O2. The Morgan fingerprint density at radius 3 is 2.35 bits per heavy atom. The van der Waals surface area contributed by atoms with Crippen molar-refractivity contribution < 1.29 is 9.53 Å². The van der Waals surface area contributed by atoms with Crippen molar-refractivity contribution in [1.29, 1.82) is 0 Å². The molecule has 1 aliphatic carbocycles. The lowest BCUT2D eigenvalue weighted by Crippen LogP contribution is -2.52. The molecule has 26 heavy (non-hydrogen) atoms. The Morgan fingerprint density at radius 2 is 1.73 bits per heavy atom. The second kappa shape index (κ2) is 8.76. The zero-order chi connectivity index (χ0) is 18.5. The van der Waals surface area contributed by atoms with Crippen molar-refractivity contribution in [3.05, 3.63) is 63.6 Å². The number of hydrogen-bond acceptors (Lipinski definition) is 3. The molecule has 2 aromatic carbocycles. The first-order chi connectivity index (χ1) is 12.5. The maximum Gasteiger partial charge on any atom is 0.251 e. The van der Waals surface area contributed by atoms with Crippen molar-refractivity contribution in [3.8, 4) is 5.75 Å². The Kier molecular flexibility index (Phi) is 6.41. The molecule has 3 rings (SSSR count). The number of benzene rings is 2. The molecule has 1 fully saturated rings. The fourth-order valence-electron chi connectivity index (χ4n) is 3.07. The van der Waals surface area contributed by atoms with Gasteiger partial charge in [0.15, 0.2) is 0 Å². The summed E-state index contributed by atoms with van der Waals surface area (Å²) in [5.74, 6) is 0.747. The minimum Gasteiger partial charge on any atom is -0.497 e. The van der Waals surface area contributed by atoms with Gasteiger partial charge in [0.1, 0.15) is 5.75 Å². The lowest BCUT2D eigenvalue weighted by Gasteiger charge is -2.36. The van der Waals surface area contributed by atoms with Gasteiger partial charge in [-0.15, -0.1) is 0 Å². The SMILES string of the molecule is COc1ccc(CCN[C@H]2C[C@H](NC(=O)c3cc(Cl)cc(Cl)c3)C2)cc1. The Balaban J connectivity index is 1.36. The first kappa shape index (κ1) is 19.0. The highest BCUT2D eigenvalue weighted by Gasteiger charge is 2.30. The van der Waals surface area contributed by atoms with Crippen LogP contribution in [0.15, 0.2) is 42.5 Å². The van der Waals surface area contributed by atoms with E-state index >= 15 is 0 Å². The van der Waals surface area contributed by atoms with Gasteiger partial charge in [0.2, 0.25) is 0 Å². The van der Waals surface area contributed by atoms with Gasteiger partial charge < -0.3 is 15.4 Å². The van der Waals surface area contributed by atoms with Crippen LogP contribution in [0.4, 0.5) is 0 Å². The molecule has 0 heterocycles. The zero-order valence-electron chi connectivity index (χ0n) is 14.6. The summed E-state index contributed by atoms with van der Waals surface area (Å²) in [6.07, 6.45) is 2.84. The van der Waals surface area contributed by atoms with E-state index in [1.165, 1.54) is 5.56 Å². The number of rotatable bonds is 7. The molecule has 0 spiro atoms. The third kappa shape index (κ3) is 5.13. The smallest absolute Gasteiger partial charge is 0.251 e. The van der Waals surface area contributed by atoms with Crippen LogP contribution in [0.2, 0.25) is 10.0 Å². The maximum absolute atomic E-state index is 12.3. The van der Waals surface area contributed by atoms with Gasteiger partial charge in [0, 0.05) is 27.7 Å². The average Bonchev–Trinajstić information content (AvgIpc) is 2.59. The molecule has 0 saturated heterocycles. The molecule has 4 nitrogen and oxygen atoms in total. The third-order valence-electron chi connectivity index (χ3n) is 4.60. The number of amides is 1. The summed E-state index contributed by atoms with van der Waals surface area (Å²) < 4.78 is 5.16. The highest BCUT2D eigenvalue weighted by Crippen LogP contribution is 2.22. The van der Waals surface area contributed by atoms with E-state index in [1.54, 1.807) is 25.3 Å². The van der Waals surface area contributed by atoms with Crippen molar-refractivity contribution in [3.63, 3.8) is 0 Å². The van der Waals surface area contributed by atoms with Crippen LogP contribution in [-0.4, -0.2) is 31.6 Å². The minimum absolute atomic E-state index is 0.129. The predicted molar refractivity (Wildman–Crippen MR) is 105 cm³/mol. The molecule has 0 unspecified atom stereocenters. The largest absolute Gasteiger partial charge is 0.497 e. The van der Waals surface area contributed by atoms with Crippen LogP contribution in [0.3, 0.4) is 0 Å².